The second kappa shape index (κ2) is 8.35. The van der Waals surface area contributed by atoms with E-state index in [0.29, 0.717) is 6.42 Å². The minimum absolute atomic E-state index is 0.0792. The van der Waals surface area contributed by atoms with Crippen molar-refractivity contribution in [2.45, 2.75) is 38.3 Å². The summed E-state index contributed by atoms with van der Waals surface area (Å²) in [5, 5.41) is 3.01. The van der Waals surface area contributed by atoms with Gasteiger partial charge < -0.3 is 11.1 Å². The van der Waals surface area contributed by atoms with E-state index in [-0.39, 0.29) is 11.9 Å². The Bertz CT molecular complexity index is 569. The Balaban J connectivity index is 1.75. The summed E-state index contributed by atoms with van der Waals surface area (Å²) in [5.41, 5.74) is 8.37. The average Bonchev–Trinajstić information content (AvgIpc) is 2.55. The highest BCUT2D eigenvalue weighted by atomic mass is 16.2. The van der Waals surface area contributed by atoms with Gasteiger partial charge in [0.05, 0.1) is 6.04 Å². The van der Waals surface area contributed by atoms with Crippen LogP contribution in [0.2, 0.25) is 0 Å². The summed E-state index contributed by atoms with van der Waals surface area (Å²) in [4.78, 5) is 12.1. The molecule has 2 aromatic carbocycles. The van der Waals surface area contributed by atoms with Gasteiger partial charge in [0.1, 0.15) is 0 Å². The molecule has 0 fully saturated rings. The number of carbonyl (C=O) groups excluding carboxylic acids is 1. The Morgan fingerprint density at radius 2 is 1.55 bits per heavy atom. The molecule has 0 aromatic heterocycles. The van der Waals surface area contributed by atoms with Crippen molar-refractivity contribution in [3.05, 3.63) is 71.8 Å². The number of benzene rings is 2. The number of nitrogens with two attached hydrogens (primary N) is 1. The summed E-state index contributed by atoms with van der Waals surface area (Å²) in [5.74, 6) is -0.0792. The monoisotopic (exact) mass is 296 g/mol. The first-order valence-corrected chi connectivity index (χ1v) is 7.79. The first-order chi connectivity index (χ1) is 10.6. The fourth-order valence-electron chi connectivity index (χ4n) is 2.41. The quantitative estimate of drug-likeness (QED) is 0.825. The summed E-state index contributed by atoms with van der Waals surface area (Å²) < 4.78 is 0. The molecule has 0 aliphatic heterocycles. The summed E-state index contributed by atoms with van der Waals surface area (Å²) in [6, 6.07) is 19.8. The van der Waals surface area contributed by atoms with Gasteiger partial charge in [0.15, 0.2) is 0 Å². The minimum atomic E-state index is -0.499. The number of hydrogen-bond donors (Lipinski definition) is 2. The Kier molecular flexibility index (Phi) is 6.16. The Hall–Kier alpha value is -2.13. The number of amides is 1. The maximum Gasteiger partial charge on any atom is 0.237 e. The second-order valence-electron chi connectivity index (χ2n) is 5.73. The van der Waals surface area contributed by atoms with Crippen molar-refractivity contribution in [1.29, 1.82) is 0 Å². The van der Waals surface area contributed by atoms with Gasteiger partial charge in [-0.05, 0) is 37.3 Å². The highest BCUT2D eigenvalue weighted by Gasteiger charge is 2.16. The summed E-state index contributed by atoms with van der Waals surface area (Å²) in [6.07, 6.45) is 2.43. The maximum atomic E-state index is 12.1. The first kappa shape index (κ1) is 16.2. The zero-order valence-electron chi connectivity index (χ0n) is 13.0. The molecule has 0 bridgehead atoms. The third kappa shape index (κ3) is 5.34. The van der Waals surface area contributed by atoms with Gasteiger partial charge in [0.2, 0.25) is 5.91 Å². The molecule has 0 spiro atoms. The number of aryl methyl sites for hydroxylation is 1. The van der Waals surface area contributed by atoms with Gasteiger partial charge in [-0.15, -0.1) is 0 Å². The van der Waals surface area contributed by atoms with Gasteiger partial charge >= 0.3 is 0 Å². The van der Waals surface area contributed by atoms with Crippen LogP contribution < -0.4 is 11.1 Å². The fraction of sp³-hybridized carbons (Fsp3) is 0.316. The van der Waals surface area contributed by atoms with Crippen LogP contribution in [0.4, 0.5) is 0 Å². The SMILES string of the molecule is CC(CCc1ccccc1)NC(=O)C(N)Cc1ccccc1. The van der Waals surface area contributed by atoms with Crippen molar-refractivity contribution >= 4 is 5.91 Å². The molecule has 2 unspecified atom stereocenters. The molecule has 0 aliphatic carbocycles. The van der Waals surface area contributed by atoms with Crippen LogP contribution in [0, 0.1) is 0 Å². The molecule has 3 heteroatoms. The molecule has 2 rings (SSSR count). The van der Waals surface area contributed by atoms with Gasteiger partial charge in [-0.1, -0.05) is 60.7 Å². The lowest BCUT2D eigenvalue weighted by molar-refractivity contribution is -0.123. The highest BCUT2D eigenvalue weighted by Crippen LogP contribution is 2.06. The van der Waals surface area contributed by atoms with Crippen molar-refractivity contribution in [2.24, 2.45) is 5.73 Å². The number of carbonyl (C=O) groups is 1. The van der Waals surface area contributed by atoms with E-state index in [2.05, 4.69) is 17.4 Å². The van der Waals surface area contributed by atoms with Crippen LogP contribution in [0.25, 0.3) is 0 Å². The lowest BCUT2D eigenvalue weighted by atomic mass is 10.0. The van der Waals surface area contributed by atoms with Crippen molar-refractivity contribution in [3.8, 4) is 0 Å². The standard InChI is InChI=1S/C19H24N2O/c1-15(12-13-16-8-4-2-5-9-16)21-19(22)18(20)14-17-10-6-3-7-11-17/h2-11,15,18H,12-14,20H2,1H3,(H,21,22). The molecule has 3 N–H and O–H groups in total. The molecule has 2 atom stereocenters. The second-order valence-corrected chi connectivity index (χ2v) is 5.73. The molecule has 116 valence electrons. The lowest BCUT2D eigenvalue weighted by Gasteiger charge is -2.17. The predicted molar refractivity (Wildman–Crippen MR) is 90.5 cm³/mol. The van der Waals surface area contributed by atoms with E-state index in [1.807, 2.05) is 55.5 Å². The van der Waals surface area contributed by atoms with Gasteiger partial charge in [-0.25, -0.2) is 0 Å². The molecule has 0 radical (unpaired) electrons. The molecular weight excluding hydrogens is 272 g/mol. The molecule has 22 heavy (non-hydrogen) atoms. The predicted octanol–water partition coefficient (Wildman–Crippen LogP) is 2.69. The number of rotatable bonds is 7. The van der Waals surface area contributed by atoms with E-state index >= 15 is 0 Å². The van der Waals surface area contributed by atoms with Crippen LogP contribution >= 0.6 is 0 Å². The van der Waals surface area contributed by atoms with Crippen molar-refractivity contribution in [1.82, 2.24) is 5.32 Å². The van der Waals surface area contributed by atoms with E-state index in [1.54, 1.807) is 0 Å². The molecule has 0 saturated carbocycles. The summed E-state index contributed by atoms with van der Waals surface area (Å²) in [7, 11) is 0. The van der Waals surface area contributed by atoms with Gasteiger partial charge in [0, 0.05) is 6.04 Å². The third-order valence-electron chi connectivity index (χ3n) is 3.73. The van der Waals surface area contributed by atoms with Crippen molar-refractivity contribution < 1.29 is 4.79 Å². The van der Waals surface area contributed by atoms with Crippen LogP contribution in [0.1, 0.15) is 24.5 Å². The zero-order chi connectivity index (χ0) is 15.8. The molecular formula is C19H24N2O. The topological polar surface area (TPSA) is 55.1 Å². The Morgan fingerprint density at radius 3 is 2.14 bits per heavy atom. The highest BCUT2D eigenvalue weighted by molar-refractivity contribution is 5.82. The average molecular weight is 296 g/mol. The van der Waals surface area contributed by atoms with E-state index in [9.17, 15) is 4.79 Å². The first-order valence-electron chi connectivity index (χ1n) is 7.79. The van der Waals surface area contributed by atoms with Crippen LogP contribution in [-0.4, -0.2) is 18.0 Å². The van der Waals surface area contributed by atoms with Crippen LogP contribution in [0.3, 0.4) is 0 Å². The molecule has 0 heterocycles. The van der Waals surface area contributed by atoms with E-state index in [1.165, 1.54) is 5.56 Å². The molecule has 0 saturated heterocycles. The summed E-state index contributed by atoms with van der Waals surface area (Å²) >= 11 is 0. The van der Waals surface area contributed by atoms with E-state index in [0.717, 1.165) is 18.4 Å². The summed E-state index contributed by atoms with van der Waals surface area (Å²) in [6.45, 7) is 2.02. The maximum absolute atomic E-state index is 12.1. The van der Waals surface area contributed by atoms with E-state index < -0.39 is 6.04 Å². The minimum Gasteiger partial charge on any atom is -0.352 e. The molecule has 3 nitrogen and oxygen atoms in total. The van der Waals surface area contributed by atoms with Crippen molar-refractivity contribution in [3.63, 3.8) is 0 Å². The molecule has 0 aliphatic rings. The smallest absolute Gasteiger partial charge is 0.237 e. The van der Waals surface area contributed by atoms with Crippen molar-refractivity contribution in [2.75, 3.05) is 0 Å². The van der Waals surface area contributed by atoms with Gasteiger partial charge in [-0.2, -0.15) is 0 Å². The zero-order valence-corrected chi connectivity index (χ0v) is 13.0. The van der Waals surface area contributed by atoms with Gasteiger partial charge in [-0.3, -0.25) is 4.79 Å². The van der Waals surface area contributed by atoms with Gasteiger partial charge in [0.25, 0.3) is 0 Å². The third-order valence-corrected chi connectivity index (χ3v) is 3.73. The van der Waals surface area contributed by atoms with Crippen LogP contribution in [0.5, 0.6) is 0 Å². The largest absolute Gasteiger partial charge is 0.352 e. The van der Waals surface area contributed by atoms with Crippen LogP contribution in [-0.2, 0) is 17.6 Å². The lowest BCUT2D eigenvalue weighted by Crippen LogP contribution is -2.45. The van der Waals surface area contributed by atoms with E-state index in [4.69, 9.17) is 5.73 Å². The molecule has 2 aromatic rings. The van der Waals surface area contributed by atoms with Crippen LogP contribution in [0.15, 0.2) is 60.7 Å². The number of hydrogen-bond acceptors (Lipinski definition) is 2. The molecule has 1 amide bonds. The fourth-order valence-corrected chi connectivity index (χ4v) is 2.41. The Morgan fingerprint density at radius 1 is 1.00 bits per heavy atom. The normalized spacial score (nSPS) is 13.4. The Labute approximate surface area is 132 Å². The number of nitrogens with one attached hydrogen (secondary N) is 1.